The van der Waals surface area contributed by atoms with E-state index in [4.69, 9.17) is 4.74 Å². The SMILES string of the molecule is CC(C)(C)OC(=O)Nc1ccc2c(c1)CCCNC2. The lowest BCUT2D eigenvalue weighted by molar-refractivity contribution is 0.0636. The van der Waals surface area contributed by atoms with E-state index in [-0.39, 0.29) is 0 Å². The van der Waals surface area contributed by atoms with Crippen molar-refractivity contribution in [1.29, 1.82) is 0 Å². The fraction of sp³-hybridized carbons (Fsp3) is 0.533. The van der Waals surface area contributed by atoms with Crippen LogP contribution < -0.4 is 10.6 Å². The highest BCUT2D eigenvalue weighted by Gasteiger charge is 2.16. The third-order valence-corrected chi connectivity index (χ3v) is 2.97. The van der Waals surface area contributed by atoms with Crippen LogP contribution in [-0.4, -0.2) is 18.2 Å². The minimum absolute atomic E-state index is 0.404. The molecular formula is C15H22N2O2. The summed E-state index contributed by atoms with van der Waals surface area (Å²) in [6.45, 7) is 7.52. The first-order valence-electron chi connectivity index (χ1n) is 6.76. The average molecular weight is 262 g/mol. The Hall–Kier alpha value is -1.55. The summed E-state index contributed by atoms with van der Waals surface area (Å²) in [6.07, 6.45) is 1.77. The molecule has 0 fully saturated rings. The van der Waals surface area contributed by atoms with Crippen LogP contribution >= 0.6 is 0 Å². The van der Waals surface area contributed by atoms with Gasteiger partial charge in [-0.1, -0.05) is 6.07 Å². The van der Waals surface area contributed by atoms with Crippen molar-refractivity contribution >= 4 is 11.8 Å². The number of hydrogen-bond acceptors (Lipinski definition) is 3. The summed E-state index contributed by atoms with van der Waals surface area (Å²) in [7, 11) is 0. The van der Waals surface area contributed by atoms with Crippen molar-refractivity contribution in [2.75, 3.05) is 11.9 Å². The van der Waals surface area contributed by atoms with E-state index in [1.54, 1.807) is 0 Å². The molecule has 1 aliphatic heterocycles. The molecule has 1 amide bonds. The van der Waals surface area contributed by atoms with Gasteiger partial charge in [0.2, 0.25) is 0 Å². The third-order valence-electron chi connectivity index (χ3n) is 2.97. The number of carbonyl (C=O) groups is 1. The van der Waals surface area contributed by atoms with Crippen LogP contribution in [0.25, 0.3) is 0 Å². The van der Waals surface area contributed by atoms with Gasteiger partial charge in [-0.05, 0) is 63.4 Å². The lowest BCUT2D eigenvalue weighted by atomic mass is 10.0. The quantitative estimate of drug-likeness (QED) is 0.817. The van der Waals surface area contributed by atoms with Gasteiger partial charge in [-0.15, -0.1) is 0 Å². The molecule has 4 heteroatoms. The van der Waals surface area contributed by atoms with Gasteiger partial charge in [-0.2, -0.15) is 0 Å². The predicted molar refractivity (Wildman–Crippen MR) is 76.3 cm³/mol. The maximum atomic E-state index is 11.7. The molecule has 0 spiro atoms. The molecule has 0 unspecified atom stereocenters. The van der Waals surface area contributed by atoms with Gasteiger partial charge in [0.1, 0.15) is 5.60 Å². The Balaban J connectivity index is 2.05. The molecule has 19 heavy (non-hydrogen) atoms. The highest BCUT2D eigenvalue weighted by molar-refractivity contribution is 5.85. The molecule has 0 saturated heterocycles. The molecule has 104 valence electrons. The van der Waals surface area contributed by atoms with Crippen LogP contribution in [0, 0.1) is 0 Å². The smallest absolute Gasteiger partial charge is 0.412 e. The number of benzene rings is 1. The average Bonchev–Trinajstić information content (AvgIpc) is 2.50. The van der Waals surface area contributed by atoms with E-state index in [2.05, 4.69) is 16.7 Å². The lowest BCUT2D eigenvalue weighted by Gasteiger charge is -2.20. The Labute approximate surface area is 114 Å². The van der Waals surface area contributed by atoms with Crippen LogP contribution in [0.4, 0.5) is 10.5 Å². The maximum Gasteiger partial charge on any atom is 0.412 e. The van der Waals surface area contributed by atoms with Gasteiger partial charge in [-0.3, -0.25) is 5.32 Å². The molecule has 1 aromatic rings. The van der Waals surface area contributed by atoms with Crippen molar-refractivity contribution < 1.29 is 9.53 Å². The van der Waals surface area contributed by atoms with E-state index in [9.17, 15) is 4.79 Å². The number of rotatable bonds is 1. The maximum absolute atomic E-state index is 11.7. The van der Waals surface area contributed by atoms with Gasteiger partial charge in [0.15, 0.2) is 0 Å². The summed E-state index contributed by atoms with van der Waals surface area (Å²) < 4.78 is 5.25. The molecule has 2 rings (SSSR count). The van der Waals surface area contributed by atoms with Crippen molar-refractivity contribution in [3.8, 4) is 0 Å². The number of nitrogens with one attached hydrogen (secondary N) is 2. The van der Waals surface area contributed by atoms with Crippen molar-refractivity contribution in [1.82, 2.24) is 5.32 Å². The minimum atomic E-state index is -0.473. The van der Waals surface area contributed by atoms with Gasteiger partial charge in [0.25, 0.3) is 0 Å². The molecule has 0 bridgehead atoms. The van der Waals surface area contributed by atoms with Crippen molar-refractivity contribution in [2.24, 2.45) is 0 Å². The first kappa shape index (κ1) is 13.9. The summed E-state index contributed by atoms with van der Waals surface area (Å²) in [5.74, 6) is 0. The highest BCUT2D eigenvalue weighted by Crippen LogP contribution is 2.20. The van der Waals surface area contributed by atoms with Gasteiger partial charge >= 0.3 is 6.09 Å². The Morgan fingerprint density at radius 3 is 2.84 bits per heavy atom. The summed E-state index contributed by atoms with van der Waals surface area (Å²) in [6, 6.07) is 6.04. The largest absolute Gasteiger partial charge is 0.444 e. The second-order valence-corrected chi connectivity index (χ2v) is 5.89. The monoisotopic (exact) mass is 262 g/mol. The Morgan fingerprint density at radius 1 is 1.32 bits per heavy atom. The first-order chi connectivity index (χ1) is 8.94. The Kier molecular flexibility index (Phi) is 4.10. The molecule has 0 atom stereocenters. The number of fused-ring (bicyclic) bond motifs is 1. The molecule has 1 heterocycles. The normalized spacial score (nSPS) is 15.3. The third kappa shape index (κ3) is 4.24. The zero-order chi connectivity index (χ0) is 13.9. The van der Waals surface area contributed by atoms with Crippen LogP contribution in [-0.2, 0) is 17.7 Å². The van der Waals surface area contributed by atoms with Gasteiger partial charge in [0.05, 0.1) is 0 Å². The number of aryl methyl sites for hydroxylation is 1. The first-order valence-corrected chi connectivity index (χ1v) is 6.76. The van der Waals surface area contributed by atoms with Gasteiger partial charge in [-0.25, -0.2) is 4.79 Å². The topological polar surface area (TPSA) is 50.4 Å². The van der Waals surface area contributed by atoms with Crippen molar-refractivity contribution in [2.45, 2.75) is 45.8 Å². The van der Waals surface area contributed by atoms with E-state index in [0.29, 0.717) is 0 Å². The molecule has 1 aromatic carbocycles. The van der Waals surface area contributed by atoms with Gasteiger partial charge in [0, 0.05) is 12.2 Å². The summed E-state index contributed by atoms with van der Waals surface area (Å²) in [4.78, 5) is 11.7. The van der Waals surface area contributed by atoms with Gasteiger partial charge < -0.3 is 10.1 Å². The second-order valence-electron chi connectivity index (χ2n) is 5.89. The molecule has 4 nitrogen and oxygen atoms in total. The summed E-state index contributed by atoms with van der Waals surface area (Å²) >= 11 is 0. The number of hydrogen-bond donors (Lipinski definition) is 2. The van der Waals surface area contributed by atoms with E-state index in [1.807, 2.05) is 32.9 Å². The second kappa shape index (κ2) is 5.61. The zero-order valence-corrected chi connectivity index (χ0v) is 11.9. The fourth-order valence-corrected chi connectivity index (χ4v) is 2.16. The molecule has 0 radical (unpaired) electrons. The van der Waals surface area contributed by atoms with E-state index in [1.165, 1.54) is 11.1 Å². The minimum Gasteiger partial charge on any atom is -0.444 e. The van der Waals surface area contributed by atoms with E-state index < -0.39 is 11.7 Å². The van der Waals surface area contributed by atoms with Crippen LogP contribution in [0.5, 0.6) is 0 Å². The van der Waals surface area contributed by atoms with Crippen molar-refractivity contribution in [3.05, 3.63) is 29.3 Å². The molecule has 0 saturated carbocycles. The number of anilines is 1. The van der Waals surface area contributed by atoms with E-state index >= 15 is 0 Å². The highest BCUT2D eigenvalue weighted by atomic mass is 16.6. The predicted octanol–water partition coefficient (Wildman–Crippen LogP) is 3.07. The van der Waals surface area contributed by atoms with Crippen LogP contribution in [0.15, 0.2) is 18.2 Å². The number of amides is 1. The summed E-state index contributed by atoms with van der Waals surface area (Å²) in [5, 5.41) is 6.17. The van der Waals surface area contributed by atoms with Crippen LogP contribution in [0.2, 0.25) is 0 Å². The number of ether oxygens (including phenoxy) is 1. The Morgan fingerprint density at radius 2 is 2.11 bits per heavy atom. The fourth-order valence-electron chi connectivity index (χ4n) is 2.16. The van der Waals surface area contributed by atoms with Crippen LogP contribution in [0.1, 0.15) is 38.3 Å². The standard InChI is InChI=1S/C15H22N2O2/c1-15(2,3)19-14(18)17-13-7-6-12-10-16-8-4-5-11(12)9-13/h6-7,9,16H,4-5,8,10H2,1-3H3,(H,17,18). The molecule has 2 N–H and O–H groups in total. The van der Waals surface area contributed by atoms with Crippen LogP contribution in [0.3, 0.4) is 0 Å². The summed E-state index contributed by atoms with van der Waals surface area (Å²) in [5.41, 5.74) is 2.94. The molecule has 0 aliphatic carbocycles. The van der Waals surface area contributed by atoms with E-state index in [0.717, 1.165) is 31.6 Å². The Bertz CT molecular complexity index is 464. The van der Waals surface area contributed by atoms with Crippen molar-refractivity contribution in [3.63, 3.8) is 0 Å². The lowest BCUT2D eigenvalue weighted by Crippen LogP contribution is -2.27. The number of carbonyl (C=O) groups excluding carboxylic acids is 1. The zero-order valence-electron chi connectivity index (χ0n) is 11.9. The molecule has 1 aliphatic rings. The molecule has 0 aromatic heterocycles. The molecular weight excluding hydrogens is 240 g/mol.